The molecule has 144 valence electrons. The summed E-state index contributed by atoms with van der Waals surface area (Å²) in [5.41, 5.74) is 0.639. The topological polar surface area (TPSA) is 66.5 Å². The van der Waals surface area contributed by atoms with E-state index in [1.807, 2.05) is 4.90 Å². The summed E-state index contributed by atoms with van der Waals surface area (Å²) in [4.78, 5) is 15.0. The lowest BCUT2D eigenvalue weighted by Crippen LogP contribution is -2.42. The Hall–Kier alpha value is -2.05. The SMILES string of the molecule is CC1CC(C)CN(C(=O)c2ccccc2NS(=O)(=O)c2ccc(Cl)cc2)C1. The number of hydrogen-bond donors (Lipinski definition) is 1. The molecule has 27 heavy (non-hydrogen) atoms. The van der Waals surface area contributed by atoms with E-state index in [9.17, 15) is 13.2 Å². The van der Waals surface area contributed by atoms with Crippen LogP contribution in [-0.4, -0.2) is 32.3 Å². The summed E-state index contributed by atoms with van der Waals surface area (Å²) in [7, 11) is -3.82. The van der Waals surface area contributed by atoms with Crippen LogP contribution in [0.15, 0.2) is 53.4 Å². The smallest absolute Gasteiger partial charge is 0.261 e. The van der Waals surface area contributed by atoms with Crippen molar-refractivity contribution in [1.29, 1.82) is 0 Å². The number of benzene rings is 2. The van der Waals surface area contributed by atoms with Gasteiger partial charge in [-0.25, -0.2) is 8.42 Å². The van der Waals surface area contributed by atoms with Gasteiger partial charge in [-0.05, 0) is 54.7 Å². The van der Waals surface area contributed by atoms with E-state index in [-0.39, 0.29) is 16.5 Å². The van der Waals surface area contributed by atoms with Gasteiger partial charge in [-0.2, -0.15) is 0 Å². The van der Waals surface area contributed by atoms with Crippen molar-refractivity contribution in [3.63, 3.8) is 0 Å². The molecule has 3 rings (SSSR count). The normalized spacial score (nSPS) is 20.3. The van der Waals surface area contributed by atoms with Gasteiger partial charge in [-0.3, -0.25) is 9.52 Å². The first-order valence-corrected chi connectivity index (χ1v) is 10.8. The average molecular weight is 407 g/mol. The molecule has 2 atom stereocenters. The van der Waals surface area contributed by atoms with Gasteiger partial charge in [-0.15, -0.1) is 0 Å². The predicted molar refractivity (Wildman–Crippen MR) is 108 cm³/mol. The summed E-state index contributed by atoms with van der Waals surface area (Å²) < 4.78 is 27.9. The van der Waals surface area contributed by atoms with E-state index in [2.05, 4.69) is 18.6 Å². The fourth-order valence-corrected chi connectivity index (χ4v) is 4.78. The number of piperidine rings is 1. The first-order valence-electron chi connectivity index (χ1n) is 8.93. The van der Waals surface area contributed by atoms with Crippen LogP contribution in [-0.2, 0) is 10.0 Å². The molecule has 1 amide bonds. The Kier molecular flexibility index (Phi) is 5.77. The molecule has 1 aliphatic rings. The van der Waals surface area contributed by atoms with Crippen molar-refractivity contribution in [1.82, 2.24) is 4.90 Å². The van der Waals surface area contributed by atoms with Gasteiger partial charge in [0.2, 0.25) is 0 Å². The molecule has 2 unspecified atom stereocenters. The second-order valence-electron chi connectivity index (χ2n) is 7.26. The first-order chi connectivity index (χ1) is 12.8. The number of rotatable bonds is 4. The van der Waals surface area contributed by atoms with Crippen molar-refractivity contribution in [2.45, 2.75) is 25.2 Å². The zero-order valence-corrected chi connectivity index (χ0v) is 16.9. The molecule has 0 aromatic heterocycles. The summed E-state index contributed by atoms with van der Waals surface area (Å²) >= 11 is 5.83. The fraction of sp³-hybridized carbons (Fsp3) is 0.350. The van der Waals surface area contributed by atoms with Crippen molar-refractivity contribution in [2.24, 2.45) is 11.8 Å². The highest BCUT2D eigenvalue weighted by Gasteiger charge is 2.28. The van der Waals surface area contributed by atoms with Gasteiger partial charge in [0.15, 0.2) is 0 Å². The van der Waals surface area contributed by atoms with Crippen molar-refractivity contribution < 1.29 is 13.2 Å². The van der Waals surface area contributed by atoms with Crippen LogP contribution in [0, 0.1) is 11.8 Å². The van der Waals surface area contributed by atoms with E-state index >= 15 is 0 Å². The van der Waals surface area contributed by atoms with Crippen molar-refractivity contribution in [3.05, 3.63) is 59.1 Å². The molecule has 7 heteroatoms. The Balaban J connectivity index is 1.88. The zero-order chi connectivity index (χ0) is 19.6. The third-order valence-electron chi connectivity index (χ3n) is 4.68. The van der Waals surface area contributed by atoms with E-state index in [1.165, 1.54) is 24.3 Å². The van der Waals surface area contributed by atoms with Crippen LogP contribution in [0.5, 0.6) is 0 Å². The largest absolute Gasteiger partial charge is 0.338 e. The molecule has 1 saturated heterocycles. The van der Waals surface area contributed by atoms with E-state index in [4.69, 9.17) is 11.6 Å². The molecule has 0 spiro atoms. The maximum Gasteiger partial charge on any atom is 0.261 e. The minimum absolute atomic E-state index is 0.0920. The van der Waals surface area contributed by atoms with E-state index in [0.29, 0.717) is 35.5 Å². The number of nitrogens with one attached hydrogen (secondary N) is 1. The molecule has 1 heterocycles. The highest BCUT2D eigenvalue weighted by molar-refractivity contribution is 7.92. The summed E-state index contributed by atoms with van der Waals surface area (Å²) in [5, 5.41) is 0.456. The molecular formula is C20H23ClN2O3S. The standard InChI is InChI=1S/C20H23ClN2O3S/c1-14-11-15(2)13-23(12-14)20(24)18-5-3-4-6-19(18)22-27(25,26)17-9-7-16(21)8-10-17/h3-10,14-15,22H,11-13H2,1-2H3. The Bertz CT molecular complexity index is 918. The lowest BCUT2D eigenvalue weighted by Gasteiger charge is -2.35. The number of amides is 1. The number of carbonyl (C=O) groups is 1. The van der Waals surface area contributed by atoms with Crippen molar-refractivity contribution in [2.75, 3.05) is 17.8 Å². The summed E-state index contributed by atoms with van der Waals surface area (Å²) in [6.07, 6.45) is 1.09. The summed E-state index contributed by atoms with van der Waals surface area (Å²) in [5.74, 6) is 0.703. The van der Waals surface area contributed by atoms with Crippen LogP contribution in [0.3, 0.4) is 0 Å². The Morgan fingerprint density at radius 3 is 2.26 bits per heavy atom. The van der Waals surface area contributed by atoms with Crippen LogP contribution < -0.4 is 4.72 Å². The fourth-order valence-electron chi connectivity index (χ4n) is 3.58. The number of halogens is 1. The zero-order valence-electron chi connectivity index (χ0n) is 15.4. The number of para-hydroxylation sites is 1. The third kappa shape index (κ3) is 4.62. The predicted octanol–water partition coefficient (Wildman–Crippen LogP) is 4.26. The maximum absolute atomic E-state index is 13.1. The Morgan fingerprint density at radius 1 is 1.04 bits per heavy atom. The molecule has 5 nitrogen and oxygen atoms in total. The van der Waals surface area contributed by atoms with E-state index < -0.39 is 10.0 Å². The second kappa shape index (κ2) is 7.90. The summed E-state index contributed by atoms with van der Waals surface area (Å²) in [6, 6.07) is 12.6. The monoisotopic (exact) mass is 406 g/mol. The molecule has 2 aromatic carbocycles. The lowest BCUT2D eigenvalue weighted by molar-refractivity contribution is 0.0624. The number of anilines is 1. The van der Waals surface area contributed by atoms with Crippen LogP contribution in [0.2, 0.25) is 5.02 Å². The van der Waals surface area contributed by atoms with Gasteiger partial charge in [0.1, 0.15) is 0 Å². The summed E-state index contributed by atoms with van der Waals surface area (Å²) in [6.45, 7) is 5.62. The third-order valence-corrected chi connectivity index (χ3v) is 6.32. The molecular weight excluding hydrogens is 384 g/mol. The number of sulfonamides is 1. The van der Waals surface area contributed by atoms with Gasteiger partial charge in [-0.1, -0.05) is 37.6 Å². The minimum Gasteiger partial charge on any atom is -0.338 e. The lowest BCUT2D eigenvalue weighted by atomic mass is 9.91. The van der Waals surface area contributed by atoms with Crippen LogP contribution in [0.25, 0.3) is 0 Å². The molecule has 0 bridgehead atoms. The molecule has 0 radical (unpaired) electrons. The minimum atomic E-state index is -3.82. The number of likely N-dealkylation sites (tertiary alicyclic amines) is 1. The van der Waals surface area contributed by atoms with E-state index in [1.54, 1.807) is 24.3 Å². The Labute approximate surface area is 165 Å². The molecule has 2 aromatic rings. The Morgan fingerprint density at radius 2 is 1.63 bits per heavy atom. The molecule has 1 N–H and O–H groups in total. The number of carbonyl (C=O) groups excluding carboxylic acids is 1. The van der Waals surface area contributed by atoms with Crippen molar-refractivity contribution in [3.8, 4) is 0 Å². The number of nitrogens with zero attached hydrogens (tertiary/aromatic N) is 1. The van der Waals surface area contributed by atoms with Crippen LogP contribution >= 0.6 is 11.6 Å². The molecule has 1 fully saturated rings. The molecule has 1 aliphatic heterocycles. The van der Waals surface area contributed by atoms with Gasteiger partial charge in [0.05, 0.1) is 16.1 Å². The van der Waals surface area contributed by atoms with Crippen LogP contribution in [0.4, 0.5) is 5.69 Å². The highest BCUT2D eigenvalue weighted by atomic mass is 35.5. The van der Waals surface area contributed by atoms with Crippen LogP contribution in [0.1, 0.15) is 30.6 Å². The number of hydrogen-bond acceptors (Lipinski definition) is 3. The van der Waals surface area contributed by atoms with Gasteiger partial charge >= 0.3 is 0 Å². The van der Waals surface area contributed by atoms with Gasteiger partial charge < -0.3 is 4.90 Å². The quantitative estimate of drug-likeness (QED) is 0.824. The van der Waals surface area contributed by atoms with Gasteiger partial charge in [0, 0.05) is 18.1 Å². The average Bonchev–Trinajstić information content (AvgIpc) is 2.61. The second-order valence-corrected chi connectivity index (χ2v) is 9.38. The highest BCUT2D eigenvalue weighted by Crippen LogP contribution is 2.26. The molecule has 0 aliphatic carbocycles. The first kappa shape index (κ1) is 19.7. The molecule has 0 saturated carbocycles. The van der Waals surface area contributed by atoms with E-state index in [0.717, 1.165) is 6.42 Å². The van der Waals surface area contributed by atoms with Gasteiger partial charge in [0.25, 0.3) is 15.9 Å². The maximum atomic E-state index is 13.1. The van der Waals surface area contributed by atoms with Crippen molar-refractivity contribution >= 4 is 33.2 Å².